The lowest BCUT2D eigenvalue weighted by molar-refractivity contribution is 0.0982. The Morgan fingerprint density at radius 3 is 2.43 bits per heavy atom. The van der Waals surface area contributed by atoms with E-state index in [9.17, 15) is 5.26 Å². The average molecular weight is 564 g/mol. The van der Waals surface area contributed by atoms with Crippen LogP contribution in [0.2, 0.25) is 0 Å². The predicted molar refractivity (Wildman–Crippen MR) is 165 cm³/mol. The number of piperazine rings is 1. The Morgan fingerprint density at radius 2 is 1.69 bits per heavy atom. The van der Waals surface area contributed by atoms with Gasteiger partial charge in [0.15, 0.2) is 5.82 Å². The zero-order chi connectivity index (χ0) is 28.5. The Labute approximate surface area is 246 Å². The Balaban J connectivity index is 1.08. The van der Waals surface area contributed by atoms with Crippen LogP contribution in [0.4, 0.5) is 23.1 Å². The summed E-state index contributed by atoms with van der Waals surface area (Å²) in [4.78, 5) is 26.5. The van der Waals surface area contributed by atoms with Crippen molar-refractivity contribution in [2.75, 3.05) is 68.2 Å². The highest BCUT2D eigenvalue weighted by Gasteiger charge is 2.32. The van der Waals surface area contributed by atoms with Crippen molar-refractivity contribution in [3.8, 4) is 6.07 Å². The fourth-order valence-corrected chi connectivity index (χ4v) is 6.53. The molecule has 2 aromatic heterocycles. The molecule has 0 saturated carbocycles. The van der Waals surface area contributed by atoms with Gasteiger partial charge in [0.05, 0.1) is 23.6 Å². The first-order valence-electron chi connectivity index (χ1n) is 15.0. The van der Waals surface area contributed by atoms with Crippen LogP contribution in [-0.2, 0) is 4.84 Å². The molecule has 0 spiro atoms. The molecule has 0 bridgehead atoms. The molecule has 10 heteroatoms. The summed E-state index contributed by atoms with van der Waals surface area (Å²) in [5.74, 6) is 1.04. The van der Waals surface area contributed by atoms with Gasteiger partial charge in [-0.2, -0.15) is 15.2 Å². The van der Waals surface area contributed by atoms with Gasteiger partial charge in [-0.05, 0) is 49.7 Å². The van der Waals surface area contributed by atoms with Crippen LogP contribution in [-0.4, -0.2) is 83.7 Å². The first-order chi connectivity index (χ1) is 20.7. The van der Waals surface area contributed by atoms with Gasteiger partial charge in [-0.15, -0.1) is 0 Å². The largest absolute Gasteiger partial charge is 0.371 e. The molecule has 10 nitrogen and oxygen atoms in total. The molecule has 0 amide bonds. The summed E-state index contributed by atoms with van der Waals surface area (Å²) in [5, 5.41) is 15.7. The fourth-order valence-electron chi connectivity index (χ4n) is 6.53. The summed E-state index contributed by atoms with van der Waals surface area (Å²) in [7, 11) is 2.22. The number of nitrogens with zero attached hydrogens (tertiary/aromatic N) is 7. The van der Waals surface area contributed by atoms with Gasteiger partial charge in [0.25, 0.3) is 0 Å². The number of piperidine rings is 1. The molecule has 3 saturated heterocycles. The lowest BCUT2D eigenvalue weighted by Gasteiger charge is -2.42. The van der Waals surface area contributed by atoms with Crippen LogP contribution in [0, 0.1) is 11.3 Å². The van der Waals surface area contributed by atoms with Crippen molar-refractivity contribution >= 4 is 34.2 Å². The van der Waals surface area contributed by atoms with Crippen LogP contribution in [0.15, 0.2) is 60.8 Å². The van der Waals surface area contributed by atoms with E-state index in [0.29, 0.717) is 41.0 Å². The van der Waals surface area contributed by atoms with Crippen LogP contribution in [0.3, 0.4) is 0 Å². The lowest BCUT2D eigenvalue weighted by atomic mass is 10.0. The number of nitriles is 1. The topological polar surface area (TPSA) is 99.6 Å². The minimum absolute atomic E-state index is 0.00160. The monoisotopic (exact) mass is 563 g/mol. The second-order valence-electron chi connectivity index (χ2n) is 11.5. The Hall–Kier alpha value is -4.17. The predicted octanol–water partition coefficient (Wildman–Crippen LogP) is 4.67. The number of nitrogens with one attached hydrogen (secondary N) is 2. The molecule has 3 aliphatic heterocycles. The fraction of sp³-hybridized carbons (Fsp3) is 0.406. The Bertz CT molecular complexity index is 1550. The molecular weight excluding hydrogens is 526 g/mol. The molecular formula is C32H37N9O. The second-order valence-corrected chi connectivity index (χ2v) is 11.5. The quantitative estimate of drug-likeness (QED) is 0.347. The third-order valence-electron chi connectivity index (χ3n) is 8.94. The van der Waals surface area contributed by atoms with Crippen molar-refractivity contribution < 1.29 is 4.84 Å². The number of aromatic nitrogens is 3. The molecule has 0 radical (unpaired) electrons. The number of rotatable bonds is 6. The minimum atomic E-state index is -0.00160. The summed E-state index contributed by atoms with van der Waals surface area (Å²) >= 11 is 0. The van der Waals surface area contributed by atoms with E-state index in [0.717, 1.165) is 30.8 Å². The summed E-state index contributed by atoms with van der Waals surface area (Å²) < 4.78 is 0. The molecule has 5 heterocycles. The van der Waals surface area contributed by atoms with Crippen molar-refractivity contribution in [2.24, 2.45) is 0 Å². The van der Waals surface area contributed by atoms with E-state index in [1.165, 1.54) is 44.7 Å². The van der Waals surface area contributed by atoms with Crippen LogP contribution in [0.5, 0.6) is 0 Å². The standard InChI is InChI=1S/C32H37N9O/c1-38-16-18-40(19-17-38)27-11-14-39(15-12-27)26-9-7-25(8-10-26)35-32-36-30-29(24(21-33)22-34-30)31(37-32)41-28(13-20-42-41)23-5-3-2-4-6-23/h2-10,22,27-28H,11-20H2,1H3,(H2,34,35,36,37)/t28-/m0/s1. The van der Waals surface area contributed by atoms with Crippen molar-refractivity contribution in [1.82, 2.24) is 24.8 Å². The number of likely N-dealkylation sites (N-methyl/N-ethyl adjacent to an activating group) is 1. The average Bonchev–Trinajstić information content (AvgIpc) is 3.70. The van der Waals surface area contributed by atoms with E-state index >= 15 is 0 Å². The third kappa shape index (κ3) is 5.27. The number of H-pyrrole nitrogens is 1. The normalized spacial score (nSPS) is 20.7. The number of anilines is 4. The highest BCUT2D eigenvalue weighted by Crippen LogP contribution is 2.39. The Kier molecular flexibility index (Phi) is 7.38. The third-order valence-corrected chi connectivity index (χ3v) is 8.94. The minimum Gasteiger partial charge on any atom is -0.371 e. The molecule has 3 fully saturated rings. The van der Waals surface area contributed by atoms with E-state index in [4.69, 9.17) is 14.8 Å². The second kappa shape index (κ2) is 11.6. The summed E-state index contributed by atoms with van der Waals surface area (Å²) in [6.07, 6.45) is 4.94. The SMILES string of the molecule is CN1CCN(C2CCN(c3ccc(Nc4nc(N5OCC[C@H]5c5ccccc5)c5c(C#N)c[nH]c5n4)cc3)CC2)CC1. The molecule has 216 valence electrons. The highest BCUT2D eigenvalue weighted by molar-refractivity contribution is 5.94. The van der Waals surface area contributed by atoms with Gasteiger partial charge in [0.1, 0.15) is 11.7 Å². The molecule has 42 heavy (non-hydrogen) atoms. The molecule has 3 aliphatic rings. The Morgan fingerprint density at radius 1 is 0.929 bits per heavy atom. The lowest BCUT2D eigenvalue weighted by Crippen LogP contribution is -2.52. The summed E-state index contributed by atoms with van der Waals surface area (Å²) in [5.41, 5.74) is 4.39. The number of fused-ring (bicyclic) bond motifs is 1. The molecule has 1 atom stereocenters. The smallest absolute Gasteiger partial charge is 0.231 e. The van der Waals surface area contributed by atoms with Gasteiger partial charge in [0, 0.05) is 69.3 Å². The van der Waals surface area contributed by atoms with Gasteiger partial charge in [-0.1, -0.05) is 30.3 Å². The van der Waals surface area contributed by atoms with Crippen LogP contribution >= 0.6 is 0 Å². The zero-order valence-electron chi connectivity index (χ0n) is 24.0. The van der Waals surface area contributed by atoms with Crippen molar-refractivity contribution in [3.63, 3.8) is 0 Å². The molecule has 2 aromatic carbocycles. The zero-order valence-corrected chi connectivity index (χ0v) is 24.0. The van der Waals surface area contributed by atoms with Gasteiger partial charge in [0.2, 0.25) is 5.95 Å². The van der Waals surface area contributed by atoms with Crippen LogP contribution in [0.1, 0.15) is 36.4 Å². The number of aromatic amines is 1. The van der Waals surface area contributed by atoms with Crippen LogP contribution < -0.4 is 15.3 Å². The maximum Gasteiger partial charge on any atom is 0.231 e. The van der Waals surface area contributed by atoms with Crippen molar-refractivity contribution in [3.05, 3.63) is 71.9 Å². The van der Waals surface area contributed by atoms with Crippen molar-refractivity contribution in [1.29, 1.82) is 5.26 Å². The van der Waals surface area contributed by atoms with Crippen molar-refractivity contribution in [2.45, 2.75) is 31.3 Å². The van der Waals surface area contributed by atoms with E-state index < -0.39 is 0 Å². The van der Waals surface area contributed by atoms with Gasteiger partial charge >= 0.3 is 0 Å². The maximum atomic E-state index is 9.79. The van der Waals surface area contributed by atoms with E-state index in [1.54, 1.807) is 6.20 Å². The van der Waals surface area contributed by atoms with E-state index in [-0.39, 0.29) is 6.04 Å². The molecule has 0 aliphatic carbocycles. The summed E-state index contributed by atoms with van der Waals surface area (Å²) in [6, 6.07) is 21.8. The first-order valence-corrected chi connectivity index (χ1v) is 15.0. The molecule has 7 rings (SSSR count). The number of benzene rings is 2. The maximum absolute atomic E-state index is 9.79. The van der Waals surface area contributed by atoms with Gasteiger partial charge in [-0.25, -0.2) is 5.06 Å². The van der Waals surface area contributed by atoms with Gasteiger partial charge < -0.3 is 20.1 Å². The highest BCUT2D eigenvalue weighted by atomic mass is 16.7. The molecule has 4 aromatic rings. The first kappa shape index (κ1) is 26.7. The number of hydrogen-bond acceptors (Lipinski definition) is 9. The number of hydrogen-bond donors (Lipinski definition) is 2. The van der Waals surface area contributed by atoms with Gasteiger partial charge in [-0.3, -0.25) is 9.74 Å². The number of hydroxylamine groups is 1. The summed E-state index contributed by atoms with van der Waals surface area (Å²) in [6.45, 7) is 7.47. The van der Waals surface area contributed by atoms with Crippen LogP contribution in [0.25, 0.3) is 11.0 Å². The molecule has 2 N–H and O–H groups in total. The van der Waals surface area contributed by atoms with E-state index in [2.05, 4.69) is 74.5 Å². The molecule has 0 unspecified atom stereocenters. The van der Waals surface area contributed by atoms with E-state index in [1.807, 2.05) is 23.3 Å².